The predicted molar refractivity (Wildman–Crippen MR) is 111 cm³/mol. The van der Waals surface area contributed by atoms with Crippen LogP contribution in [-0.2, 0) is 19.1 Å². The number of hydrogen-bond donors (Lipinski definition) is 0. The third kappa shape index (κ3) is 3.84. The summed E-state index contributed by atoms with van der Waals surface area (Å²) >= 11 is 0. The molecule has 7 heteroatoms. The Morgan fingerprint density at radius 1 is 1.03 bits per heavy atom. The quantitative estimate of drug-likeness (QED) is 0.469. The topological polar surface area (TPSA) is 21.1 Å². The summed E-state index contributed by atoms with van der Waals surface area (Å²) in [6, 6.07) is 9.09. The van der Waals surface area contributed by atoms with Crippen molar-refractivity contribution in [1.82, 2.24) is 14.5 Å². The SMILES string of the molecule is C[C@H]1CCc2cc(F)cc3nc(CN4CCC(c5ccc(C(F)(F)F)cc5)CC4)n1c23. The molecule has 0 amide bonds. The van der Waals surface area contributed by atoms with Gasteiger partial charge in [0.25, 0.3) is 0 Å². The van der Waals surface area contributed by atoms with Crippen LogP contribution in [0.3, 0.4) is 0 Å². The Morgan fingerprint density at radius 3 is 2.42 bits per heavy atom. The van der Waals surface area contributed by atoms with Crippen LogP contribution in [0.4, 0.5) is 17.6 Å². The summed E-state index contributed by atoms with van der Waals surface area (Å²) in [5.74, 6) is 1.02. The fourth-order valence-corrected chi connectivity index (χ4v) is 5.16. The van der Waals surface area contributed by atoms with Gasteiger partial charge in [-0.2, -0.15) is 13.2 Å². The summed E-state index contributed by atoms with van der Waals surface area (Å²) in [6.45, 7) is 4.63. The molecule has 3 nitrogen and oxygen atoms in total. The van der Waals surface area contributed by atoms with Gasteiger partial charge < -0.3 is 4.57 Å². The minimum atomic E-state index is -4.30. The molecule has 31 heavy (non-hydrogen) atoms. The van der Waals surface area contributed by atoms with Crippen LogP contribution in [-0.4, -0.2) is 27.5 Å². The van der Waals surface area contributed by atoms with Gasteiger partial charge in [0.05, 0.1) is 23.1 Å². The molecule has 1 fully saturated rings. The molecule has 0 spiro atoms. The number of likely N-dealkylation sites (tertiary alicyclic amines) is 1. The van der Waals surface area contributed by atoms with Crippen LogP contribution in [0, 0.1) is 5.82 Å². The van der Waals surface area contributed by atoms with Gasteiger partial charge in [-0.1, -0.05) is 12.1 Å². The summed E-state index contributed by atoms with van der Waals surface area (Å²) in [6.07, 6.45) is -0.637. The minimum Gasteiger partial charge on any atom is -0.324 e. The third-order valence-electron chi connectivity index (χ3n) is 6.84. The molecule has 0 bridgehead atoms. The number of nitrogens with zero attached hydrogens (tertiary/aromatic N) is 3. The smallest absolute Gasteiger partial charge is 0.324 e. The number of piperidine rings is 1. The molecule has 1 saturated heterocycles. The third-order valence-corrected chi connectivity index (χ3v) is 6.84. The molecule has 0 radical (unpaired) electrons. The molecule has 0 aliphatic carbocycles. The van der Waals surface area contributed by atoms with Gasteiger partial charge >= 0.3 is 6.18 Å². The summed E-state index contributed by atoms with van der Waals surface area (Å²) in [5.41, 5.74) is 3.21. The molecule has 2 aliphatic heterocycles. The second kappa shape index (κ2) is 7.62. The first-order chi connectivity index (χ1) is 14.8. The van der Waals surface area contributed by atoms with E-state index in [1.165, 1.54) is 18.2 Å². The fraction of sp³-hybridized carbons (Fsp3) is 0.458. The Hall–Kier alpha value is -2.41. The maximum atomic E-state index is 14.0. The number of rotatable bonds is 3. The summed E-state index contributed by atoms with van der Waals surface area (Å²) in [4.78, 5) is 7.12. The van der Waals surface area contributed by atoms with Crippen molar-refractivity contribution >= 4 is 11.0 Å². The Balaban J connectivity index is 1.30. The molecule has 1 aromatic heterocycles. The number of alkyl halides is 3. The highest BCUT2D eigenvalue weighted by Crippen LogP contribution is 2.35. The van der Waals surface area contributed by atoms with Gasteiger partial charge in [0.2, 0.25) is 0 Å². The van der Waals surface area contributed by atoms with Gasteiger partial charge in [0.15, 0.2) is 0 Å². The first-order valence-corrected chi connectivity index (χ1v) is 10.9. The van der Waals surface area contributed by atoms with Crippen molar-refractivity contribution in [1.29, 1.82) is 0 Å². The van der Waals surface area contributed by atoms with E-state index in [9.17, 15) is 17.6 Å². The zero-order valence-electron chi connectivity index (χ0n) is 17.4. The van der Waals surface area contributed by atoms with Gasteiger partial charge in [-0.25, -0.2) is 9.37 Å². The number of aromatic nitrogens is 2. The highest BCUT2D eigenvalue weighted by atomic mass is 19.4. The molecule has 164 valence electrons. The first kappa shape index (κ1) is 20.5. The van der Waals surface area contributed by atoms with E-state index in [4.69, 9.17) is 4.98 Å². The van der Waals surface area contributed by atoms with Crippen LogP contribution in [0.15, 0.2) is 36.4 Å². The van der Waals surface area contributed by atoms with Crippen LogP contribution in [0.25, 0.3) is 11.0 Å². The lowest BCUT2D eigenvalue weighted by atomic mass is 9.89. The second-order valence-electron chi connectivity index (χ2n) is 8.89. The number of aryl methyl sites for hydroxylation is 1. The largest absolute Gasteiger partial charge is 0.416 e. The molecule has 2 aromatic carbocycles. The molecule has 3 heterocycles. The molecule has 0 N–H and O–H groups in total. The van der Waals surface area contributed by atoms with Crippen molar-refractivity contribution in [3.8, 4) is 0 Å². The van der Waals surface area contributed by atoms with Crippen LogP contribution in [0.1, 0.15) is 60.7 Å². The Bertz CT molecular complexity index is 1090. The van der Waals surface area contributed by atoms with Crippen molar-refractivity contribution in [3.63, 3.8) is 0 Å². The molecule has 3 aromatic rings. The number of halogens is 4. The highest BCUT2D eigenvalue weighted by molar-refractivity contribution is 5.80. The lowest BCUT2D eigenvalue weighted by molar-refractivity contribution is -0.137. The Kier molecular flexibility index (Phi) is 5.04. The van der Waals surface area contributed by atoms with Crippen molar-refractivity contribution in [3.05, 3.63) is 64.7 Å². The lowest BCUT2D eigenvalue weighted by Gasteiger charge is -2.33. The number of benzene rings is 2. The molecular formula is C24H25F4N3. The van der Waals surface area contributed by atoms with Crippen molar-refractivity contribution < 1.29 is 17.6 Å². The van der Waals surface area contributed by atoms with E-state index in [1.807, 2.05) is 0 Å². The van der Waals surface area contributed by atoms with Crippen LogP contribution < -0.4 is 0 Å². The second-order valence-corrected chi connectivity index (χ2v) is 8.89. The summed E-state index contributed by atoms with van der Waals surface area (Å²) < 4.78 is 54.7. The average Bonchev–Trinajstić information content (AvgIpc) is 3.09. The zero-order valence-corrected chi connectivity index (χ0v) is 17.4. The van der Waals surface area contributed by atoms with E-state index in [0.717, 1.165) is 66.8 Å². The van der Waals surface area contributed by atoms with Crippen LogP contribution >= 0.6 is 0 Å². The minimum absolute atomic E-state index is 0.231. The Labute approximate surface area is 178 Å². The van der Waals surface area contributed by atoms with Gasteiger partial charge in [-0.15, -0.1) is 0 Å². The standard InChI is InChI=1S/C24H25F4N3/c1-15-2-3-18-12-20(25)13-21-23(18)31(15)22(29-21)14-30-10-8-17(9-11-30)16-4-6-19(7-5-16)24(26,27)28/h4-7,12-13,15,17H,2-3,8-11,14H2,1H3/t15-/m0/s1. The van der Waals surface area contributed by atoms with Crippen molar-refractivity contribution in [2.75, 3.05) is 13.1 Å². The molecule has 2 aliphatic rings. The van der Waals surface area contributed by atoms with Crippen molar-refractivity contribution in [2.24, 2.45) is 0 Å². The molecule has 1 atom stereocenters. The highest BCUT2D eigenvalue weighted by Gasteiger charge is 2.31. The summed E-state index contributed by atoms with van der Waals surface area (Å²) in [7, 11) is 0. The van der Waals surface area contributed by atoms with Crippen LogP contribution in [0.2, 0.25) is 0 Å². The normalized spacial score (nSPS) is 20.5. The van der Waals surface area contributed by atoms with E-state index in [2.05, 4.69) is 16.4 Å². The Morgan fingerprint density at radius 2 is 1.74 bits per heavy atom. The van der Waals surface area contributed by atoms with Gasteiger partial charge in [-0.3, -0.25) is 4.90 Å². The van der Waals surface area contributed by atoms with E-state index >= 15 is 0 Å². The van der Waals surface area contributed by atoms with Gasteiger partial charge in [-0.05, 0) is 80.9 Å². The number of imidazole rings is 1. The van der Waals surface area contributed by atoms with E-state index < -0.39 is 11.7 Å². The molecule has 0 saturated carbocycles. The fourth-order valence-electron chi connectivity index (χ4n) is 5.16. The molecule has 5 rings (SSSR count). The zero-order chi connectivity index (χ0) is 21.8. The molecular weight excluding hydrogens is 406 g/mol. The van der Waals surface area contributed by atoms with Crippen LogP contribution in [0.5, 0.6) is 0 Å². The van der Waals surface area contributed by atoms with E-state index in [0.29, 0.717) is 12.6 Å². The first-order valence-electron chi connectivity index (χ1n) is 10.9. The maximum Gasteiger partial charge on any atom is 0.416 e. The molecule has 0 unspecified atom stereocenters. The monoisotopic (exact) mass is 431 g/mol. The van der Waals surface area contributed by atoms with E-state index in [-0.39, 0.29) is 11.7 Å². The maximum absolute atomic E-state index is 14.0. The van der Waals surface area contributed by atoms with Gasteiger partial charge in [0, 0.05) is 12.1 Å². The van der Waals surface area contributed by atoms with Crippen molar-refractivity contribution in [2.45, 2.75) is 57.3 Å². The lowest BCUT2D eigenvalue weighted by Crippen LogP contribution is -2.33. The summed E-state index contributed by atoms with van der Waals surface area (Å²) in [5, 5.41) is 0. The van der Waals surface area contributed by atoms with E-state index in [1.54, 1.807) is 18.2 Å². The van der Waals surface area contributed by atoms with Gasteiger partial charge in [0.1, 0.15) is 11.6 Å². The predicted octanol–water partition coefficient (Wildman–Crippen LogP) is 6.08. The average molecular weight is 431 g/mol. The number of hydrogen-bond acceptors (Lipinski definition) is 2.